The number of nitrogens with one attached hydrogen (secondary N) is 3. The molecule has 0 amide bonds. The van der Waals surface area contributed by atoms with Crippen LogP contribution in [-0.2, 0) is 6.54 Å². The van der Waals surface area contributed by atoms with Gasteiger partial charge in [0.05, 0.1) is 6.54 Å². The van der Waals surface area contributed by atoms with Crippen LogP contribution in [0.2, 0.25) is 0 Å². The van der Waals surface area contributed by atoms with Gasteiger partial charge in [-0.1, -0.05) is 6.07 Å². The van der Waals surface area contributed by atoms with E-state index >= 15 is 0 Å². The summed E-state index contributed by atoms with van der Waals surface area (Å²) >= 11 is 0. The third kappa shape index (κ3) is 10.0. The number of guanidine groups is 1. The molecule has 0 saturated carbocycles. The van der Waals surface area contributed by atoms with Crippen LogP contribution in [0.15, 0.2) is 23.2 Å². The van der Waals surface area contributed by atoms with E-state index in [1.54, 1.807) is 6.07 Å². The van der Waals surface area contributed by atoms with E-state index in [4.69, 9.17) is 0 Å². The monoisotopic (exact) mass is 523 g/mol. The Balaban J connectivity index is 0.00000420. The number of rotatable bonds is 7. The molecule has 1 aromatic rings. The van der Waals surface area contributed by atoms with Crippen molar-refractivity contribution in [1.82, 2.24) is 20.9 Å². The highest BCUT2D eigenvalue weighted by molar-refractivity contribution is 14.0. The summed E-state index contributed by atoms with van der Waals surface area (Å²) in [5.74, 6) is -0.710. The first-order valence-corrected chi connectivity index (χ1v) is 10.2. The van der Waals surface area contributed by atoms with Crippen molar-refractivity contribution in [2.75, 3.05) is 32.7 Å². The molecule has 0 unspecified atom stereocenters. The number of nitrogens with zero attached hydrogens (tertiary/aromatic N) is 2. The van der Waals surface area contributed by atoms with Gasteiger partial charge in [-0.05, 0) is 58.2 Å². The highest BCUT2D eigenvalue weighted by Crippen LogP contribution is 2.16. The largest absolute Gasteiger partial charge is 0.357 e. The van der Waals surface area contributed by atoms with Gasteiger partial charge in [-0.25, -0.2) is 8.78 Å². The van der Waals surface area contributed by atoms with Crippen LogP contribution in [0.1, 0.15) is 46.1 Å². The van der Waals surface area contributed by atoms with E-state index in [9.17, 15) is 8.78 Å². The quantitative estimate of drug-likeness (QED) is 0.222. The van der Waals surface area contributed by atoms with Gasteiger partial charge < -0.3 is 16.0 Å². The van der Waals surface area contributed by atoms with Crippen LogP contribution in [-0.4, -0.2) is 55.2 Å². The average Bonchev–Trinajstić information content (AvgIpc) is 2.63. The van der Waals surface area contributed by atoms with Crippen molar-refractivity contribution < 1.29 is 8.78 Å². The summed E-state index contributed by atoms with van der Waals surface area (Å²) in [6.45, 7) is 13.4. The van der Waals surface area contributed by atoms with Crippen LogP contribution < -0.4 is 16.0 Å². The van der Waals surface area contributed by atoms with Gasteiger partial charge in [0, 0.05) is 44.3 Å². The molecule has 1 aliphatic rings. The van der Waals surface area contributed by atoms with Gasteiger partial charge in [0.15, 0.2) is 17.6 Å². The van der Waals surface area contributed by atoms with Gasteiger partial charge >= 0.3 is 0 Å². The molecule has 0 radical (unpaired) electrons. The van der Waals surface area contributed by atoms with E-state index in [2.05, 4.69) is 53.5 Å². The Hall–Kier alpha value is -1.00. The van der Waals surface area contributed by atoms with Gasteiger partial charge in [-0.2, -0.15) is 0 Å². The molecule has 29 heavy (non-hydrogen) atoms. The highest BCUT2D eigenvalue weighted by Gasteiger charge is 2.20. The molecule has 1 fully saturated rings. The van der Waals surface area contributed by atoms with E-state index in [0.717, 1.165) is 57.1 Å². The fourth-order valence-corrected chi connectivity index (χ4v) is 3.24. The number of hydrogen-bond donors (Lipinski definition) is 3. The Morgan fingerprint density at radius 1 is 1.17 bits per heavy atom. The predicted octanol–water partition coefficient (Wildman–Crippen LogP) is 3.49. The second kappa shape index (κ2) is 12.6. The average molecular weight is 523 g/mol. The van der Waals surface area contributed by atoms with Gasteiger partial charge in [-0.15, -0.1) is 24.0 Å². The molecule has 3 N–H and O–H groups in total. The number of piperidine rings is 1. The summed E-state index contributed by atoms with van der Waals surface area (Å²) in [5, 5.41) is 10.3. The normalized spacial score (nSPS) is 16.4. The predicted molar refractivity (Wildman–Crippen MR) is 127 cm³/mol. The first-order chi connectivity index (χ1) is 13.3. The van der Waals surface area contributed by atoms with Crippen molar-refractivity contribution in [3.8, 4) is 0 Å². The summed E-state index contributed by atoms with van der Waals surface area (Å²) in [6, 6.07) is 4.52. The van der Waals surface area contributed by atoms with Crippen molar-refractivity contribution in [1.29, 1.82) is 0 Å². The van der Waals surface area contributed by atoms with Gasteiger partial charge in [0.1, 0.15) is 0 Å². The molecule has 0 atom stereocenters. The Morgan fingerprint density at radius 2 is 1.86 bits per heavy atom. The number of aliphatic imine (C=N–C) groups is 1. The zero-order valence-electron chi connectivity index (χ0n) is 18.0. The molecular weight excluding hydrogens is 487 g/mol. The third-order valence-corrected chi connectivity index (χ3v) is 4.70. The van der Waals surface area contributed by atoms with E-state index < -0.39 is 11.6 Å². The van der Waals surface area contributed by atoms with Gasteiger partial charge in [-0.3, -0.25) is 9.89 Å². The van der Waals surface area contributed by atoms with Gasteiger partial charge in [0.25, 0.3) is 0 Å². The summed E-state index contributed by atoms with van der Waals surface area (Å²) in [4.78, 5) is 6.94. The Bertz CT molecular complexity index is 640. The molecule has 1 saturated heterocycles. The zero-order valence-corrected chi connectivity index (χ0v) is 20.4. The van der Waals surface area contributed by atoms with Crippen LogP contribution in [0.3, 0.4) is 0 Å². The zero-order chi connectivity index (χ0) is 20.6. The molecule has 0 bridgehead atoms. The Labute approximate surface area is 191 Å². The molecule has 0 aromatic heterocycles. The maximum Gasteiger partial charge on any atom is 0.191 e. The molecule has 1 aromatic carbocycles. The SMILES string of the molecule is CCNC(=NCCNC(C)(C)C)NC1CCN(Cc2ccc(F)c(F)c2)CC1.I. The summed E-state index contributed by atoms with van der Waals surface area (Å²) in [5.41, 5.74) is 0.910. The molecular formula is C21H36F2IN5. The fourth-order valence-electron chi connectivity index (χ4n) is 3.24. The van der Waals surface area contributed by atoms with Crippen molar-refractivity contribution in [3.63, 3.8) is 0 Å². The molecule has 0 spiro atoms. The Morgan fingerprint density at radius 3 is 2.45 bits per heavy atom. The lowest BCUT2D eigenvalue weighted by atomic mass is 10.0. The Kier molecular flexibility index (Phi) is 11.3. The van der Waals surface area contributed by atoms with Gasteiger partial charge in [0.2, 0.25) is 0 Å². The van der Waals surface area contributed by atoms with Crippen molar-refractivity contribution in [2.45, 2.75) is 58.7 Å². The number of benzene rings is 1. The molecule has 2 rings (SSSR count). The minimum Gasteiger partial charge on any atom is -0.357 e. The van der Waals surface area contributed by atoms with Crippen molar-refractivity contribution in [3.05, 3.63) is 35.4 Å². The number of hydrogen-bond acceptors (Lipinski definition) is 3. The molecule has 166 valence electrons. The van der Waals surface area contributed by atoms with E-state index in [1.807, 2.05) is 0 Å². The third-order valence-electron chi connectivity index (χ3n) is 4.70. The first kappa shape index (κ1) is 26.0. The molecule has 8 heteroatoms. The summed E-state index contributed by atoms with van der Waals surface area (Å²) in [6.07, 6.45) is 1.99. The highest BCUT2D eigenvalue weighted by atomic mass is 127. The molecule has 5 nitrogen and oxygen atoms in total. The van der Waals surface area contributed by atoms with Crippen LogP contribution in [0.25, 0.3) is 0 Å². The molecule has 1 heterocycles. The molecule has 1 aliphatic heterocycles. The number of likely N-dealkylation sites (tertiary alicyclic amines) is 1. The molecule has 0 aliphatic carbocycles. The number of halogens is 3. The van der Waals surface area contributed by atoms with E-state index in [0.29, 0.717) is 12.6 Å². The lowest BCUT2D eigenvalue weighted by Gasteiger charge is -2.33. The summed E-state index contributed by atoms with van der Waals surface area (Å²) < 4.78 is 26.4. The van der Waals surface area contributed by atoms with E-state index in [1.165, 1.54) is 12.1 Å². The summed E-state index contributed by atoms with van der Waals surface area (Å²) in [7, 11) is 0. The van der Waals surface area contributed by atoms with Crippen LogP contribution in [0.5, 0.6) is 0 Å². The van der Waals surface area contributed by atoms with Crippen LogP contribution in [0.4, 0.5) is 8.78 Å². The minimum absolute atomic E-state index is 0. The second-order valence-electron chi connectivity index (χ2n) is 8.38. The first-order valence-electron chi connectivity index (χ1n) is 10.2. The topological polar surface area (TPSA) is 51.7 Å². The smallest absolute Gasteiger partial charge is 0.191 e. The lowest BCUT2D eigenvalue weighted by molar-refractivity contribution is 0.198. The minimum atomic E-state index is -0.792. The maximum absolute atomic E-state index is 13.4. The lowest BCUT2D eigenvalue weighted by Crippen LogP contribution is -2.48. The van der Waals surface area contributed by atoms with E-state index in [-0.39, 0.29) is 29.5 Å². The standard InChI is InChI=1S/C21H35F2N5.HI/c1-5-24-20(25-10-11-26-21(2,3)4)27-17-8-12-28(13-9-17)15-16-6-7-18(22)19(23)14-16;/h6-7,14,17,26H,5,8-13,15H2,1-4H3,(H2,24,25,27);1H. The van der Waals surface area contributed by atoms with Crippen molar-refractivity contribution in [2.24, 2.45) is 4.99 Å². The van der Waals surface area contributed by atoms with Crippen molar-refractivity contribution >= 4 is 29.9 Å². The van der Waals surface area contributed by atoms with Crippen LogP contribution in [0, 0.1) is 11.6 Å². The maximum atomic E-state index is 13.4. The fraction of sp³-hybridized carbons (Fsp3) is 0.667. The van der Waals surface area contributed by atoms with Crippen LogP contribution >= 0.6 is 24.0 Å². The second-order valence-corrected chi connectivity index (χ2v) is 8.38.